The number of nitrogens with zero attached hydrogens (tertiary/aromatic N) is 7. The van der Waals surface area contributed by atoms with E-state index in [2.05, 4.69) is 20.7 Å². The number of carbonyl (C=O) groups excluding carboxylic acids is 1. The van der Waals surface area contributed by atoms with Gasteiger partial charge in [0.1, 0.15) is 17.3 Å². The highest BCUT2D eigenvalue weighted by molar-refractivity contribution is 6.06. The van der Waals surface area contributed by atoms with Gasteiger partial charge >= 0.3 is 18.3 Å². The minimum atomic E-state index is -6.37. The van der Waals surface area contributed by atoms with E-state index in [1.165, 1.54) is 36.4 Å². The number of alkyl halides is 8. The molecule has 0 aliphatic heterocycles. The van der Waals surface area contributed by atoms with Gasteiger partial charge in [0.2, 0.25) is 0 Å². The minimum Gasteiger partial charge on any atom is -0.321 e. The Kier molecular flexibility index (Phi) is 7.24. The van der Waals surface area contributed by atoms with Crippen LogP contribution < -0.4 is 5.32 Å². The number of benzene rings is 2. The van der Waals surface area contributed by atoms with Gasteiger partial charge in [0.15, 0.2) is 11.5 Å². The molecule has 1 N–H and O–H groups in total. The van der Waals surface area contributed by atoms with Crippen molar-refractivity contribution in [3.05, 3.63) is 76.1 Å². The number of aromatic nitrogens is 5. The molecular weight excluding hydrogens is 580 g/mol. The summed E-state index contributed by atoms with van der Waals surface area (Å²) >= 11 is 0. The average molecular weight is 594 g/mol. The van der Waals surface area contributed by atoms with Crippen molar-refractivity contribution >= 4 is 11.6 Å². The summed E-state index contributed by atoms with van der Waals surface area (Å²) in [7, 11) is 0.725. The van der Waals surface area contributed by atoms with Crippen LogP contribution in [0.5, 0.6) is 0 Å². The zero-order chi connectivity index (χ0) is 31.2. The number of amides is 1. The molecule has 2 aromatic carbocycles. The van der Waals surface area contributed by atoms with E-state index in [1.54, 1.807) is 6.92 Å². The number of aryl methyl sites for hydroxylation is 2. The van der Waals surface area contributed by atoms with E-state index in [0.29, 0.717) is 15.8 Å². The van der Waals surface area contributed by atoms with Crippen molar-refractivity contribution in [3.8, 4) is 29.2 Å². The fourth-order valence-electron chi connectivity index (χ4n) is 3.97. The van der Waals surface area contributed by atoms with Crippen molar-refractivity contribution in [2.75, 3.05) is 5.32 Å². The van der Waals surface area contributed by atoms with Crippen LogP contribution in [0.15, 0.2) is 42.6 Å². The Morgan fingerprint density at radius 2 is 1.67 bits per heavy atom. The number of rotatable bonds is 5. The van der Waals surface area contributed by atoms with Gasteiger partial charge in [-0.25, -0.2) is 9.36 Å². The molecule has 4 rings (SSSR count). The first kappa shape index (κ1) is 29.7. The molecular formula is C25H14F8N8O. The molecule has 42 heavy (non-hydrogen) atoms. The molecule has 2 aromatic heterocycles. The van der Waals surface area contributed by atoms with Crippen LogP contribution in [0.4, 0.5) is 40.8 Å². The smallest absolute Gasteiger partial charge is 0.321 e. The van der Waals surface area contributed by atoms with Crippen LogP contribution in [0.1, 0.15) is 38.3 Å². The zero-order valence-corrected chi connectivity index (χ0v) is 21.1. The summed E-state index contributed by atoms with van der Waals surface area (Å²) < 4.78 is 109. The number of nitrogens with one attached hydrogen (secondary N) is 1. The van der Waals surface area contributed by atoms with Gasteiger partial charge in [0.25, 0.3) is 5.91 Å². The number of halogens is 8. The highest BCUT2D eigenvalue weighted by Gasteiger charge is 2.64. The zero-order valence-electron chi connectivity index (χ0n) is 21.1. The maximum absolute atomic E-state index is 14.0. The third-order valence-electron chi connectivity index (χ3n) is 5.95. The largest absolute Gasteiger partial charge is 0.459 e. The third-order valence-corrected chi connectivity index (χ3v) is 5.95. The standard InChI is InChI=1S/C25H14F8N8O/c1-12-7-13(9-34)3-6-16(12)21(42)36-17-8-14(4-5-15(17)10-35)18-11-41(39-37-18)22-19(24(28,29)30)20(38-40(22)2)23(26,27)25(31,32)33/h3-8,11H,1-2H3,(H,36,42). The number of hydrogen-bond donors (Lipinski definition) is 1. The summed E-state index contributed by atoms with van der Waals surface area (Å²) in [5.74, 6) is -7.86. The van der Waals surface area contributed by atoms with Crippen LogP contribution in [0.25, 0.3) is 17.1 Å². The SMILES string of the molecule is Cc1cc(C#N)ccc1C(=O)Nc1cc(-c2cn(-c3c(C(F)(F)F)c(C(F)(F)C(F)(F)F)nn3C)nn2)ccc1C#N. The van der Waals surface area contributed by atoms with Crippen LogP contribution in [-0.2, 0) is 19.1 Å². The molecule has 216 valence electrons. The normalized spacial score (nSPS) is 12.1. The number of carbonyl (C=O) groups is 1. The predicted molar refractivity (Wildman–Crippen MR) is 127 cm³/mol. The molecule has 0 saturated heterocycles. The summed E-state index contributed by atoms with van der Waals surface area (Å²) in [6, 6.07) is 11.8. The lowest BCUT2D eigenvalue weighted by Gasteiger charge is -2.19. The minimum absolute atomic E-state index is 0.0178. The van der Waals surface area contributed by atoms with E-state index in [9.17, 15) is 45.2 Å². The Hall–Kier alpha value is -5.32. The molecule has 0 unspecified atom stereocenters. The quantitative estimate of drug-likeness (QED) is 0.298. The third kappa shape index (κ3) is 5.24. The second-order valence-corrected chi connectivity index (χ2v) is 8.76. The van der Waals surface area contributed by atoms with Crippen LogP contribution >= 0.6 is 0 Å². The monoisotopic (exact) mass is 594 g/mol. The predicted octanol–water partition coefficient (Wildman–Crippen LogP) is 5.64. The topological polar surface area (TPSA) is 125 Å². The van der Waals surface area contributed by atoms with E-state index in [-0.39, 0.29) is 32.8 Å². The molecule has 0 atom stereocenters. The van der Waals surface area contributed by atoms with Gasteiger partial charge in [0, 0.05) is 18.2 Å². The molecule has 17 heteroatoms. The van der Waals surface area contributed by atoms with Gasteiger partial charge in [-0.15, -0.1) is 5.10 Å². The van der Waals surface area contributed by atoms with Gasteiger partial charge in [-0.2, -0.15) is 50.7 Å². The molecule has 0 radical (unpaired) electrons. The van der Waals surface area contributed by atoms with E-state index in [1.807, 2.05) is 12.1 Å². The molecule has 4 aromatic rings. The second kappa shape index (κ2) is 10.3. The van der Waals surface area contributed by atoms with Crippen molar-refractivity contribution in [1.82, 2.24) is 24.8 Å². The summed E-state index contributed by atoms with van der Waals surface area (Å²) in [4.78, 5) is 12.9. The molecule has 0 spiro atoms. The Bertz CT molecular complexity index is 1790. The number of anilines is 1. The second-order valence-electron chi connectivity index (χ2n) is 8.76. The summed E-state index contributed by atoms with van der Waals surface area (Å²) in [6.45, 7) is 1.58. The van der Waals surface area contributed by atoms with Gasteiger partial charge in [0.05, 0.1) is 29.1 Å². The summed E-state index contributed by atoms with van der Waals surface area (Å²) in [5, 5.41) is 31.0. The molecule has 9 nitrogen and oxygen atoms in total. The van der Waals surface area contributed by atoms with Gasteiger partial charge in [-0.3, -0.25) is 4.79 Å². The lowest BCUT2D eigenvalue weighted by atomic mass is 10.0. The van der Waals surface area contributed by atoms with Crippen molar-refractivity contribution in [3.63, 3.8) is 0 Å². The van der Waals surface area contributed by atoms with E-state index >= 15 is 0 Å². The van der Waals surface area contributed by atoms with Gasteiger partial charge < -0.3 is 5.32 Å². The number of nitriles is 2. The lowest BCUT2D eigenvalue weighted by molar-refractivity contribution is -0.292. The summed E-state index contributed by atoms with van der Waals surface area (Å²) in [5.41, 5.74) is -4.15. The van der Waals surface area contributed by atoms with Crippen LogP contribution in [0.2, 0.25) is 0 Å². The molecule has 0 saturated carbocycles. The molecule has 0 aliphatic carbocycles. The summed E-state index contributed by atoms with van der Waals surface area (Å²) in [6.07, 6.45) is -11.2. The van der Waals surface area contributed by atoms with Crippen molar-refractivity contribution in [2.24, 2.45) is 7.05 Å². The molecule has 2 heterocycles. The molecule has 0 fully saturated rings. The van der Waals surface area contributed by atoms with Crippen molar-refractivity contribution in [2.45, 2.75) is 25.2 Å². The van der Waals surface area contributed by atoms with Crippen molar-refractivity contribution < 1.29 is 39.9 Å². The molecule has 0 aliphatic rings. The first-order valence-corrected chi connectivity index (χ1v) is 11.4. The molecule has 1 amide bonds. The Morgan fingerprint density at radius 1 is 0.976 bits per heavy atom. The van der Waals surface area contributed by atoms with Gasteiger partial charge in [-0.1, -0.05) is 11.3 Å². The maximum atomic E-state index is 14.0. The fourth-order valence-corrected chi connectivity index (χ4v) is 3.97. The average Bonchev–Trinajstić information content (AvgIpc) is 3.52. The van der Waals surface area contributed by atoms with E-state index < -0.39 is 41.3 Å². The maximum Gasteiger partial charge on any atom is 0.459 e. The van der Waals surface area contributed by atoms with E-state index in [4.69, 9.17) is 5.26 Å². The van der Waals surface area contributed by atoms with E-state index in [0.717, 1.165) is 13.2 Å². The fraction of sp³-hybridized carbons (Fsp3) is 0.200. The highest BCUT2D eigenvalue weighted by atomic mass is 19.4. The van der Waals surface area contributed by atoms with Crippen LogP contribution in [0.3, 0.4) is 0 Å². The van der Waals surface area contributed by atoms with Crippen LogP contribution in [-0.4, -0.2) is 36.9 Å². The number of hydrogen-bond acceptors (Lipinski definition) is 6. The van der Waals surface area contributed by atoms with Gasteiger partial charge in [-0.05, 0) is 42.8 Å². The first-order valence-electron chi connectivity index (χ1n) is 11.4. The first-order chi connectivity index (χ1) is 19.5. The lowest BCUT2D eigenvalue weighted by Crippen LogP contribution is -2.36. The highest BCUT2D eigenvalue weighted by Crippen LogP contribution is 2.49. The Balaban J connectivity index is 1.76. The van der Waals surface area contributed by atoms with Crippen molar-refractivity contribution in [1.29, 1.82) is 10.5 Å². The van der Waals surface area contributed by atoms with Crippen LogP contribution in [0, 0.1) is 29.6 Å². The molecule has 0 bridgehead atoms. The Labute approximate surface area is 230 Å². The Morgan fingerprint density at radius 3 is 2.24 bits per heavy atom.